The number of hydrogen-bond donors (Lipinski definition) is 2. The van der Waals surface area contributed by atoms with Gasteiger partial charge >= 0.3 is 0 Å². The first-order chi connectivity index (χ1) is 12.5. The number of aliphatic hydroxyl groups is 1. The van der Waals surface area contributed by atoms with Gasteiger partial charge in [0.05, 0.1) is 11.3 Å². The monoisotopic (exact) mass is 376 g/mol. The Morgan fingerprint density at radius 3 is 2.33 bits per heavy atom. The third-order valence-electron chi connectivity index (χ3n) is 5.60. The molecule has 0 aliphatic carbocycles. The molecule has 4 nitrogen and oxygen atoms in total. The van der Waals surface area contributed by atoms with E-state index in [1.54, 1.807) is 6.07 Å². The van der Waals surface area contributed by atoms with Crippen molar-refractivity contribution >= 4 is 0 Å². The molecule has 0 bridgehead atoms. The number of nitrogens with two attached hydrogens (primary N) is 1. The highest BCUT2D eigenvalue weighted by atomic mass is 19.1. The molecule has 3 N–H and O–H groups in total. The Bertz CT molecular complexity index is 844. The van der Waals surface area contributed by atoms with Crippen molar-refractivity contribution < 1.29 is 18.6 Å². The fourth-order valence-corrected chi connectivity index (χ4v) is 3.72. The molecule has 1 aromatic heterocycles. The lowest BCUT2D eigenvalue weighted by molar-refractivity contribution is -0.0526. The number of benzene rings is 1. The summed E-state index contributed by atoms with van der Waals surface area (Å²) in [6.07, 6.45) is 0.785. The number of rotatable bonds is 4. The van der Waals surface area contributed by atoms with E-state index in [2.05, 4.69) is 4.98 Å². The van der Waals surface area contributed by atoms with Crippen molar-refractivity contribution in [3.8, 4) is 11.3 Å². The zero-order valence-corrected chi connectivity index (χ0v) is 16.1. The van der Waals surface area contributed by atoms with Crippen LogP contribution in [-0.2, 0) is 15.9 Å². The first kappa shape index (κ1) is 19.9. The van der Waals surface area contributed by atoms with Crippen molar-refractivity contribution in [3.05, 3.63) is 53.2 Å². The minimum atomic E-state index is -1.44. The third-order valence-corrected chi connectivity index (χ3v) is 5.60. The second-order valence-electron chi connectivity index (χ2n) is 8.30. The van der Waals surface area contributed by atoms with Gasteiger partial charge < -0.3 is 15.6 Å². The summed E-state index contributed by atoms with van der Waals surface area (Å²) in [5.41, 5.74) is 4.51. The summed E-state index contributed by atoms with van der Waals surface area (Å²) in [5.74, 6) is -1.06. The van der Waals surface area contributed by atoms with E-state index in [1.807, 2.05) is 13.8 Å². The molecule has 1 aromatic carbocycles. The second-order valence-corrected chi connectivity index (χ2v) is 8.30. The largest absolute Gasteiger partial charge is 0.386 e. The molecule has 0 radical (unpaired) electrons. The lowest BCUT2D eigenvalue weighted by Gasteiger charge is -2.39. The van der Waals surface area contributed by atoms with E-state index in [-0.39, 0.29) is 23.2 Å². The van der Waals surface area contributed by atoms with Crippen LogP contribution in [0.3, 0.4) is 0 Å². The quantitative estimate of drug-likeness (QED) is 0.850. The van der Waals surface area contributed by atoms with Gasteiger partial charge in [-0.05, 0) is 50.6 Å². The first-order valence-electron chi connectivity index (χ1n) is 9.06. The molecular weight excluding hydrogens is 350 g/mol. The Hall–Kier alpha value is -1.89. The molecule has 6 heteroatoms. The maximum absolute atomic E-state index is 15.3. The third kappa shape index (κ3) is 3.26. The number of aromatic nitrogens is 1. The molecule has 0 saturated carbocycles. The molecule has 2 aromatic rings. The van der Waals surface area contributed by atoms with Crippen molar-refractivity contribution in [2.45, 2.75) is 45.3 Å². The van der Waals surface area contributed by atoms with E-state index in [1.165, 1.54) is 38.1 Å². The summed E-state index contributed by atoms with van der Waals surface area (Å²) in [5, 5.41) is 10.5. The number of halogens is 2. The summed E-state index contributed by atoms with van der Waals surface area (Å²) in [6.45, 7) is 7.80. The lowest BCUT2D eigenvalue weighted by atomic mass is 9.72. The SMILES string of the molecule is CC(C)(O)c1cc(C2(CN)OCCC2(C)C)nc(-c2ccc(F)cc2)c1F. The highest BCUT2D eigenvalue weighted by Crippen LogP contribution is 2.50. The van der Waals surface area contributed by atoms with Crippen molar-refractivity contribution in [2.24, 2.45) is 11.1 Å². The van der Waals surface area contributed by atoms with E-state index in [0.29, 0.717) is 17.9 Å². The Balaban J connectivity index is 2.30. The van der Waals surface area contributed by atoms with Gasteiger partial charge in [-0.1, -0.05) is 13.8 Å². The predicted molar refractivity (Wildman–Crippen MR) is 99.9 cm³/mol. The predicted octanol–water partition coefficient (Wildman–Crippen LogP) is 3.85. The van der Waals surface area contributed by atoms with Crippen molar-refractivity contribution in [3.63, 3.8) is 0 Å². The van der Waals surface area contributed by atoms with Crippen LogP contribution in [0.4, 0.5) is 8.78 Å². The maximum Gasteiger partial charge on any atom is 0.155 e. The number of nitrogens with zero attached hydrogens (tertiary/aromatic N) is 1. The Labute approximate surface area is 158 Å². The first-order valence-corrected chi connectivity index (χ1v) is 9.06. The lowest BCUT2D eigenvalue weighted by Crippen LogP contribution is -2.46. The van der Waals surface area contributed by atoms with Crippen LogP contribution in [0.15, 0.2) is 30.3 Å². The van der Waals surface area contributed by atoms with Gasteiger partial charge in [0.15, 0.2) is 5.82 Å². The summed E-state index contributed by atoms with van der Waals surface area (Å²) >= 11 is 0. The van der Waals surface area contributed by atoms with E-state index < -0.39 is 22.8 Å². The Morgan fingerprint density at radius 2 is 1.85 bits per heavy atom. The molecular formula is C21H26F2N2O2. The number of ether oxygens (including phenoxy) is 1. The molecule has 1 saturated heterocycles. The van der Waals surface area contributed by atoms with Crippen LogP contribution in [-0.4, -0.2) is 23.2 Å². The minimum absolute atomic E-state index is 0.0451. The van der Waals surface area contributed by atoms with Gasteiger partial charge in [-0.2, -0.15) is 0 Å². The average molecular weight is 376 g/mol. The fourth-order valence-electron chi connectivity index (χ4n) is 3.72. The maximum atomic E-state index is 15.3. The van der Waals surface area contributed by atoms with E-state index >= 15 is 4.39 Å². The molecule has 1 unspecified atom stereocenters. The van der Waals surface area contributed by atoms with Crippen molar-refractivity contribution in [1.29, 1.82) is 0 Å². The van der Waals surface area contributed by atoms with E-state index in [4.69, 9.17) is 10.5 Å². The molecule has 3 rings (SSSR count). The van der Waals surface area contributed by atoms with Crippen LogP contribution in [0.1, 0.15) is 45.4 Å². The molecule has 1 fully saturated rings. The highest BCUT2D eigenvalue weighted by molar-refractivity contribution is 5.62. The Morgan fingerprint density at radius 1 is 1.22 bits per heavy atom. The van der Waals surface area contributed by atoms with Gasteiger partial charge in [0.1, 0.15) is 17.1 Å². The molecule has 146 valence electrons. The van der Waals surface area contributed by atoms with Gasteiger partial charge in [-0.25, -0.2) is 13.8 Å². The molecule has 0 spiro atoms. The normalized spacial score (nSPS) is 22.2. The van der Waals surface area contributed by atoms with Crippen LogP contribution >= 0.6 is 0 Å². The molecule has 1 aliphatic rings. The van der Waals surface area contributed by atoms with Crippen LogP contribution in [0.2, 0.25) is 0 Å². The highest BCUT2D eigenvalue weighted by Gasteiger charge is 2.52. The standard InChI is InChI=1S/C21H26F2N2O2/c1-19(2)9-10-27-21(19,12-24)16-11-15(20(3,4)26)17(23)18(25-16)13-5-7-14(22)8-6-13/h5-8,11,26H,9-10,12,24H2,1-4H3. The minimum Gasteiger partial charge on any atom is -0.386 e. The van der Waals surface area contributed by atoms with Gasteiger partial charge in [0.2, 0.25) is 0 Å². The summed E-state index contributed by atoms with van der Waals surface area (Å²) < 4.78 is 34.6. The number of hydrogen-bond acceptors (Lipinski definition) is 4. The zero-order valence-electron chi connectivity index (χ0n) is 16.1. The molecule has 0 amide bonds. The Kier molecular flexibility index (Phi) is 4.87. The summed E-state index contributed by atoms with van der Waals surface area (Å²) in [6, 6.07) is 6.98. The topological polar surface area (TPSA) is 68.4 Å². The van der Waals surface area contributed by atoms with Crippen LogP contribution in [0.5, 0.6) is 0 Å². The van der Waals surface area contributed by atoms with Crippen molar-refractivity contribution in [1.82, 2.24) is 4.98 Å². The summed E-state index contributed by atoms with van der Waals surface area (Å²) in [7, 11) is 0. The van der Waals surface area contributed by atoms with Gasteiger partial charge in [0, 0.05) is 29.7 Å². The molecule has 27 heavy (non-hydrogen) atoms. The van der Waals surface area contributed by atoms with Gasteiger partial charge in [0.25, 0.3) is 0 Å². The smallest absolute Gasteiger partial charge is 0.155 e. The average Bonchev–Trinajstić information content (AvgIpc) is 2.90. The second kappa shape index (κ2) is 6.62. The van der Waals surface area contributed by atoms with Crippen LogP contribution < -0.4 is 5.73 Å². The fraction of sp³-hybridized carbons (Fsp3) is 0.476. The molecule has 2 heterocycles. The van der Waals surface area contributed by atoms with Gasteiger partial charge in [-0.15, -0.1) is 0 Å². The van der Waals surface area contributed by atoms with Crippen LogP contribution in [0, 0.1) is 17.0 Å². The number of pyridine rings is 1. The summed E-state index contributed by atoms with van der Waals surface area (Å²) in [4.78, 5) is 4.55. The zero-order chi connectivity index (χ0) is 20.0. The van der Waals surface area contributed by atoms with Crippen molar-refractivity contribution in [2.75, 3.05) is 13.2 Å². The van der Waals surface area contributed by atoms with E-state index in [0.717, 1.165) is 6.42 Å². The molecule has 1 atom stereocenters. The van der Waals surface area contributed by atoms with Gasteiger partial charge in [-0.3, -0.25) is 0 Å². The molecule has 1 aliphatic heterocycles. The van der Waals surface area contributed by atoms with Crippen LogP contribution in [0.25, 0.3) is 11.3 Å². The van der Waals surface area contributed by atoms with E-state index in [9.17, 15) is 9.50 Å².